The van der Waals surface area contributed by atoms with Crippen molar-refractivity contribution in [2.75, 3.05) is 12.3 Å². The Morgan fingerprint density at radius 2 is 2.00 bits per heavy atom. The zero-order chi connectivity index (χ0) is 13.7. The lowest BCUT2D eigenvalue weighted by Gasteiger charge is -2.20. The number of aromatic nitrogens is 1. The van der Waals surface area contributed by atoms with E-state index < -0.39 is 0 Å². The highest BCUT2D eigenvalue weighted by Gasteiger charge is 2.15. The number of hydrogen-bond donors (Lipinski definition) is 2. The maximum atomic E-state index is 6.05. The van der Waals surface area contributed by atoms with Gasteiger partial charge in [-0.05, 0) is 36.7 Å². The summed E-state index contributed by atoms with van der Waals surface area (Å²) < 4.78 is 0. The molecule has 0 aliphatic heterocycles. The van der Waals surface area contributed by atoms with Crippen LogP contribution in [0.15, 0.2) is 42.7 Å². The molecule has 3 nitrogen and oxygen atoms in total. The van der Waals surface area contributed by atoms with Gasteiger partial charge in [0, 0.05) is 28.7 Å². The van der Waals surface area contributed by atoms with Gasteiger partial charge >= 0.3 is 0 Å². The molecule has 2 rings (SSSR count). The SMILES string of the molecule is CCCNC(c1ccc(Cl)cc1)c1cnccc1N. The molecule has 0 radical (unpaired) electrons. The van der Waals surface area contributed by atoms with Gasteiger partial charge < -0.3 is 11.1 Å². The molecule has 0 saturated carbocycles. The van der Waals surface area contributed by atoms with Gasteiger partial charge in [-0.3, -0.25) is 4.98 Å². The number of nitrogen functional groups attached to an aromatic ring is 1. The van der Waals surface area contributed by atoms with Crippen LogP contribution in [-0.2, 0) is 0 Å². The second-order valence-electron chi connectivity index (χ2n) is 4.44. The van der Waals surface area contributed by atoms with Crippen molar-refractivity contribution in [2.24, 2.45) is 0 Å². The molecule has 1 unspecified atom stereocenters. The molecule has 1 heterocycles. The topological polar surface area (TPSA) is 50.9 Å². The van der Waals surface area contributed by atoms with Crippen LogP contribution < -0.4 is 11.1 Å². The molecule has 0 amide bonds. The summed E-state index contributed by atoms with van der Waals surface area (Å²) in [5, 5.41) is 4.23. The molecular formula is C15H18ClN3. The Morgan fingerprint density at radius 1 is 1.26 bits per heavy atom. The molecule has 1 atom stereocenters. The first-order valence-electron chi connectivity index (χ1n) is 6.40. The number of anilines is 1. The van der Waals surface area contributed by atoms with Gasteiger partial charge in [0.2, 0.25) is 0 Å². The number of halogens is 1. The molecule has 0 spiro atoms. The average molecular weight is 276 g/mol. The van der Waals surface area contributed by atoms with Gasteiger partial charge in [0.25, 0.3) is 0 Å². The fourth-order valence-electron chi connectivity index (χ4n) is 2.01. The van der Waals surface area contributed by atoms with E-state index in [-0.39, 0.29) is 6.04 Å². The van der Waals surface area contributed by atoms with Crippen molar-refractivity contribution in [3.05, 3.63) is 58.9 Å². The second kappa shape index (κ2) is 6.55. The van der Waals surface area contributed by atoms with Gasteiger partial charge in [-0.2, -0.15) is 0 Å². The van der Waals surface area contributed by atoms with E-state index in [1.165, 1.54) is 0 Å². The molecule has 100 valence electrons. The summed E-state index contributed by atoms with van der Waals surface area (Å²) in [5.41, 5.74) is 8.94. The van der Waals surface area contributed by atoms with E-state index in [1.807, 2.05) is 36.5 Å². The summed E-state index contributed by atoms with van der Waals surface area (Å²) >= 11 is 5.94. The third-order valence-electron chi connectivity index (χ3n) is 3.00. The Labute approximate surface area is 118 Å². The second-order valence-corrected chi connectivity index (χ2v) is 4.88. The quantitative estimate of drug-likeness (QED) is 0.879. The fourth-order valence-corrected chi connectivity index (χ4v) is 2.14. The summed E-state index contributed by atoms with van der Waals surface area (Å²) in [6, 6.07) is 9.69. The third kappa shape index (κ3) is 3.46. The number of nitrogens with one attached hydrogen (secondary N) is 1. The van der Waals surface area contributed by atoms with Gasteiger partial charge in [-0.25, -0.2) is 0 Å². The Bertz CT molecular complexity index is 525. The van der Waals surface area contributed by atoms with E-state index in [2.05, 4.69) is 17.2 Å². The van der Waals surface area contributed by atoms with E-state index >= 15 is 0 Å². The zero-order valence-corrected chi connectivity index (χ0v) is 11.7. The molecule has 0 fully saturated rings. The Kier molecular flexibility index (Phi) is 4.77. The first kappa shape index (κ1) is 13.8. The van der Waals surface area contributed by atoms with Crippen molar-refractivity contribution in [3.63, 3.8) is 0 Å². The minimum Gasteiger partial charge on any atom is -0.398 e. The number of nitrogens with zero attached hydrogens (tertiary/aromatic N) is 1. The molecule has 2 aromatic rings. The monoisotopic (exact) mass is 275 g/mol. The first-order valence-corrected chi connectivity index (χ1v) is 6.78. The molecule has 1 aromatic carbocycles. The Hall–Kier alpha value is -1.58. The summed E-state index contributed by atoms with van der Waals surface area (Å²) in [6.07, 6.45) is 4.58. The van der Waals surface area contributed by atoms with Gasteiger partial charge in [-0.1, -0.05) is 30.7 Å². The molecule has 0 saturated heterocycles. The van der Waals surface area contributed by atoms with Gasteiger partial charge in [-0.15, -0.1) is 0 Å². The molecule has 4 heteroatoms. The third-order valence-corrected chi connectivity index (χ3v) is 3.25. The number of rotatable bonds is 5. The summed E-state index contributed by atoms with van der Waals surface area (Å²) in [6.45, 7) is 3.06. The lowest BCUT2D eigenvalue weighted by atomic mass is 9.99. The van der Waals surface area contributed by atoms with Gasteiger partial charge in [0.05, 0.1) is 6.04 Å². The first-order chi connectivity index (χ1) is 9.22. The van der Waals surface area contributed by atoms with Crippen molar-refractivity contribution in [1.82, 2.24) is 10.3 Å². The average Bonchev–Trinajstić information content (AvgIpc) is 2.43. The molecule has 19 heavy (non-hydrogen) atoms. The van der Waals surface area contributed by atoms with E-state index in [0.29, 0.717) is 0 Å². The van der Waals surface area contributed by atoms with Gasteiger partial charge in [0.1, 0.15) is 0 Å². The van der Waals surface area contributed by atoms with E-state index in [0.717, 1.165) is 34.8 Å². The predicted octanol–water partition coefficient (Wildman–Crippen LogP) is 3.41. The minimum atomic E-state index is 0.0471. The normalized spacial score (nSPS) is 12.3. The molecule has 3 N–H and O–H groups in total. The highest BCUT2D eigenvalue weighted by Crippen LogP contribution is 2.26. The Morgan fingerprint density at radius 3 is 2.63 bits per heavy atom. The van der Waals surface area contributed by atoms with Crippen LogP contribution >= 0.6 is 11.6 Å². The van der Waals surface area contributed by atoms with Crippen LogP contribution in [0, 0.1) is 0 Å². The van der Waals surface area contributed by atoms with Crippen LogP contribution in [0.4, 0.5) is 5.69 Å². The van der Waals surface area contributed by atoms with Crippen LogP contribution in [0.5, 0.6) is 0 Å². The molecule has 0 aliphatic rings. The van der Waals surface area contributed by atoms with E-state index in [9.17, 15) is 0 Å². The van der Waals surface area contributed by atoms with E-state index in [4.69, 9.17) is 17.3 Å². The maximum absolute atomic E-state index is 6.05. The highest BCUT2D eigenvalue weighted by molar-refractivity contribution is 6.30. The molecule has 1 aromatic heterocycles. The summed E-state index contributed by atoms with van der Waals surface area (Å²) in [7, 11) is 0. The number of benzene rings is 1. The summed E-state index contributed by atoms with van der Waals surface area (Å²) in [5.74, 6) is 0. The lowest BCUT2D eigenvalue weighted by Crippen LogP contribution is -2.24. The summed E-state index contributed by atoms with van der Waals surface area (Å²) in [4.78, 5) is 4.17. The largest absolute Gasteiger partial charge is 0.398 e. The van der Waals surface area contributed by atoms with Crippen LogP contribution in [0.1, 0.15) is 30.5 Å². The maximum Gasteiger partial charge on any atom is 0.0612 e. The zero-order valence-electron chi connectivity index (χ0n) is 10.9. The smallest absolute Gasteiger partial charge is 0.0612 e. The molecular weight excluding hydrogens is 258 g/mol. The minimum absolute atomic E-state index is 0.0471. The van der Waals surface area contributed by atoms with Crippen LogP contribution in [0.25, 0.3) is 0 Å². The van der Waals surface area contributed by atoms with Crippen LogP contribution in [-0.4, -0.2) is 11.5 Å². The van der Waals surface area contributed by atoms with E-state index in [1.54, 1.807) is 6.20 Å². The van der Waals surface area contributed by atoms with Crippen molar-refractivity contribution < 1.29 is 0 Å². The highest BCUT2D eigenvalue weighted by atomic mass is 35.5. The standard InChI is InChI=1S/C15H18ClN3/c1-2-8-19-15(11-3-5-12(16)6-4-11)13-10-18-9-7-14(13)17/h3-7,9-10,15,19H,2,8H2,1H3,(H2,17,18). The molecule has 0 bridgehead atoms. The fraction of sp³-hybridized carbons (Fsp3) is 0.267. The van der Waals surface area contributed by atoms with Crippen LogP contribution in [0.3, 0.4) is 0 Å². The van der Waals surface area contributed by atoms with Crippen molar-refractivity contribution >= 4 is 17.3 Å². The van der Waals surface area contributed by atoms with Crippen molar-refractivity contribution in [3.8, 4) is 0 Å². The number of pyridine rings is 1. The number of nitrogens with two attached hydrogens (primary N) is 1. The van der Waals surface area contributed by atoms with Crippen molar-refractivity contribution in [1.29, 1.82) is 0 Å². The lowest BCUT2D eigenvalue weighted by molar-refractivity contribution is 0.598. The number of hydrogen-bond acceptors (Lipinski definition) is 3. The van der Waals surface area contributed by atoms with Crippen LogP contribution in [0.2, 0.25) is 5.02 Å². The predicted molar refractivity (Wildman–Crippen MR) is 80.2 cm³/mol. The Balaban J connectivity index is 2.35. The van der Waals surface area contributed by atoms with Gasteiger partial charge in [0.15, 0.2) is 0 Å². The molecule has 0 aliphatic carbocycles. The van der Waals surface area contributed by atoms with Crippen molar-refractivity contribution in [2.45, 2.75) is 19.4 Å².